The Balaban J connectivity index is 1.91. The molecular weight excluding hydrogens is 228 g/mol. The zero-order valence-electron chi connectivity index (χ0n) is 11.1. The van der Waals surface area contributed by atoms with Gasteiger partial charge >= 0.3 is 0 Å². The average molecular weight is 248 g/mol. The van der Waals surface area contributed by atoms with Gasteiger partial charge in [0, 0.05) is 24.5 Å². The minimum atomic E-state index is -0.220. The summed E-state index contributed by atoms with van der Waals surface area (Å²) in [7, 11) is 0. The summed E-state index contributed by atoms with van der Waals surface area (Å²) >= 11 is 0. The molecule has 2 N–H and O–H groups in total. The number of aryl methyl sites for hydroxylation is 1. The van der Waals surface area contributed by atoms with Crippen molar-refractivity contribution in [3.63, 3.8) is 0 Å². The number of carbonyl (C=O) groups is 1. The van der Waals surface area contributed by atoms with Crippen LogP contribution in [0.4, 0.5) is 0 Å². The fraction of sp³-hybridized carbons (Fsp3) is 0.615. The van der Waals surface area contributed by atoms with Crippen LogP contribution < -0.4 is 10.6 Å². The molecule has 0 spiro atoms. The van der Waals surface area contributed by atoms with Crippen molar-refractivity contribution in [2.45, 2.75) is 51.7 Å². The maximum atomic E-state index is 11.8. The van der Waals surface area contributed by atoms with Crippen LogP contribution in [0.2, 0.25) is 0 Å². The van der Waals surface area contributed by atoms with Gasteiger partial charge in [-0.25, -0.2) is 0 Å². The highest BCUT2D eigenvalue weighted by Gasteiger charge is 2.26. The van der Waals surface area contributed by atoms with E-state index in [1.807, 2.05) is 20.8 Å². The summed E-state index contributed by atoms with van der Waals surface area (Å²) in [5.74, 6) is 0.0610. The number of hydrogen-bond acceptors (Lipinski definition) is 4. The van der Waals surface area contributed by atoms with Gasteiger partial charge < -0.3 is 5.32 Å². The zero-order chi connectivity index (χ0) is 13.1. The predicted molar refractivity (Wildman–Crippen MR) is 68.9 cm³/mol. The molecule has 1 aliphatic carbocycles. The van der Waals surface area contributed by atoms with Gasteiger partial charge in [-0.3, -0.25) is 20.1 Å². The molecule has 0 radical (unpaired) electrons. The molecule has 0 saturated heterocycles. The Morgan fingerprint density at radius 1 is 1.33 bits per heavy atom. The van der Waals surface area contributed by atoms with Gasteiger partial charge in [0.1, 0.15) is 0 Å². The van der Waals surface area contributed by atoms with E-state index in [0.717, 1.165) is 24.2 Å². The van der Waals surface area contributed by atoms with E-state index in [9.17, 15) is 4.79 Å². The molecule has 1 amide bonds. The monoisotopic (exact) mass is 248 g/mol. The highest BCUT2D eigenvalue weighted by Crippen LogP contribution is 2.19. The topological polar surface area (TPSA) is 66.9 Å². The Kier molecular flexibility index (Phi) is 3.91. The van der Waals surface area contributed by atoms with Crippen molar-refractivity contribution in [1.29, 1.82) is 0 Å². The lowest BCUT2D eigenvalue weighted by molar-refractivity contribution is -0.123. The van der Waals surface area contributed by atoms with Crippen LogP contribution in [0.1, 0.15) is 44.1 Å². The van der Waals surface area contributed by atoms with Gasteiger partial charge in [-0.15, -0.1) is 0 Å². The largest absolute Gasteiger partial charge is 0.352 e. The van der Waals surface area contributed by atoms with E-state index in [4.69, 9.17) is 0 Å². The first kappa shape index (κ1) is 13.0. The molecule has 2 rings (SSSR count). The molecule has 1 fully saturated rings. The first-order chi connectivity index (χ1) is 8.58. The van der Waals surface area contributed by atoms with Crippen LogP contribution in [0.5, 0.6) is 0 Å². The summed E-state index contributed by atoms with van der Waals surface area (Å²) in [6.07, 6.45) is 5.57. The Morgan fingerprint density at radius 3 is 2.61 bits per heavy atom. The number of carbonyl (C=O) groups excluding carboxylic acids is 1. The minimum absolute atomic E-state index is 0.0126. The van der Waals surface area contributed by atoms with Gasteiger partial charge in [0.2, 0.25) is 5.91 Å². The summed E-state index contributed by atoms with van der Waals surface area (Å²) in [6.45, 7) is 5.80. The minimum Gasteiger partial charge on any atom is -0.352 e. The normalized spacial score (nSPS) is 18.2. The number of nitrogens with zero attached hydrogens (tertiary/aromatic N) is 2. The van der Waals surface area contributed by atoms with Crippen molar-refractivity contribution in [3.8, 4) is 0 Å². The Hall–Kier alpha value is -1.49. The molecule has 5 heteroatoms. The molecule has 18 heavy (non-hydrogen) atoms. The maximum absolute atomic E-state index is 11.8. The predicted octanol–water partition coefficient (Wildman–Crippen LogP) is 1.10. The van der Waals surface area contributed by atoms with Crippen molar-refractivity contribution in [3.05, 3.63) is 23.8 Å². The van der Waals surface area contributed by atoms with Crippen LogP contribution in [-0.2, 0) is 4.79 Å². The summed E-state index contributed by atoms with van der Waals surface area (Å²) in [6, 6.07) is 0.191. The van der Waals surface area contributed by atoms with Crippen LogP contribution >= 0.6 is 0 Å². The summed E-state index contributed by atoms with van der Waals surface area (Å²) in [4.78, 5) is 20.4. The summed E-state index contributed by atoms with van der Waals surface area (Å²) in [5.41, 5.74) is 1.79. The molecule has 5 nitrogen and oxygen atoms in total. The standard InChI is InChI=1S/C13H20N4O/c1-8-12(15-7-6-14-8)9(2)16-10(3)13(18)17-11-4-5-11/h6-7,9-11,16H,4-5H2,1-3H3,(H,17,18). The smallest absolute Gasteiger partial charge is 0.237 e. The fourth-order valence-corrected chi connectivity index (χ4v) is 1.93. The van der Waals surface area contributed by atoms with Crippen LogP contribution in [0.25, 0.3) is 0 Å². The Morgan fingerprint density at radius 2 is 2.00 bits per heavy atom. The van der Waals surface area contributed by atoms with E-state index in [1.165, 1.54) is 0 Å². The van der Waals surface area contributed by atoms with E-state index in [1.54, 1.807) is 12.4 Å². The van der Waals surface area contributed by atoms with Crippen LogP contribution in [-0.4, -0.2) is 28.0 Å². The molecule has 2 unspecified atom stereocenters. The number of rotatable bonds is 5. The van der Waals surface area contributed by atoms with Gasteiger partial charge in [0.15, 0.2) is 0 Å². The third-order valence-corrected chi connectivity index (χ3v) is 3.15. The molecule has 2 atom stereocenters. The number of nitrogens with one attached hydrogen (secondary N) is 2. The highest BCUT2D eigenvalue weighted by atomic mass is 16.2. The van der Waals surface area contributed by atoms with E-state index in [-0.39, 0.29) is 18.0 Å². The molecule has 98 valence electrons. The molecule has 1 heterocycles. The molecule has 0 aliphatic heterocycles. The second-order valence-electron chi connectivity index (χ2n) is 4.92. The van der Waals surface area contributed by atoms with Gasteiger partial charge in [-0.05, 0) is 33.6 Å². The van der Waals surface area contributed by atoms with Crippen molar-refractivity contribution in [2.24, 2.45) is 0 Å². The SMILES string of the molecule is Cc1nccnc1C(C)NC(C)C(=O)NC1CC1. The summed E-state index contributed by atoms with van der Waals surface area (Å²) in [5, 5.41) is 6.24. The maximum Gasteiger partial charge on any atom is 0.237 e. The van der Waals surface area contributed by atoms with E-state index < -0.39 is 0 Å². The molecule has 1 aromatic rings. The number of amides is 1. The van der Waals surface area contributed by atoms with Crippen molar-refractivity contribution < 1.29 is 4.79 Å². The van der Waals surface area contributed by atoms with E-state index in [0.29, 0.717) is 6.04 Å². The lowest BCUT2D eigenvalue weighted by Crippen LogP contribution is -2.44. The fourth-order valence-electron chi connectivity index (χ4n) is 1.93. The Bertz CT molecular complexity index is 431. The first-order valence-electron chi connectivity index (χ1n) is 6.42. The van der Waals surface area contributed by atoms with Crippen molar-refractivity contribution in [2.75, 3.05) is 0 Å². The van der Waals surface area contributed by atoms with Gasteiger partial charge in [-0.2, -0.15) is 0 Å². The van der Waals surface area contributed by atoms with E-state index >= 15 is 0 Å². The second kappa shape index (κ2) is 5.44. The summed E-state index contributed by atoms with van der Waals surface area (Å²) < 4.78 is 0. The first-order valence-corrected chi connectivity index (χ1v) is 6.42. The molecule has 0 aromatic carbocycles. The number of aromatic nitrogens is 2. The second-order valence-corrected chi connectivity index (χ2v) is 4.92. The molecule has 0 bridgehead atoms. The lowest BCUT2D eigenvalue weighted by Gasteiger charge is -2.20. The number of hydrogen-bond donors (Lipinski definition) is 2. The molecular formula is C13H20N4O. The van der Waals surface area contributed by atoms with Gasteiger partial charge in [0.25, 0.3) is 0 Å². The average Bonchev–Trinajstić information content (AvgIpc) is 3.13. The van der Waals surface area contributed by atoms with E-state index in [2.05, 4.69) is 20.6 Å². The molecule has 1 aromatic heterocycles. The van der Waals surface area contributed by atoms with Crippen LogP contribution in [0.15, 0.2) is 12.4 Å². The zero-order valence-corrected chi connectivity index (χ0v) is 11.1. The van der Waals surface area contributed by atoms with Crippen molar-refractivity contribution >= 4 is 5.91 Å². The third kappa shape index (κ3) is 3.26. The molecule has 1 aliphatic rings. The molecule has 1 saturated carbocycles. The highest BCUT2D eigenvalue weighted by molar-refractivity contribution is 5.81. The van der Waals surface area contributed by atoms with Gasteiger partial charge in [-0.1, -0.05) is 0 Å². The Labute approximate surface area is 107 Å². The van der Waals surface area contributed by atoms with Crippen molar-refractivity contribution in [1.82, 2.24) is 20.6 Å². The van der Waals surface area contributed by atoms with Crippen LogP contribution in [0, 0.1) is 6.92 Å². The van der Waals surface area contributed by atoms with Gasteiger partial charge in [0.05, 0.1) is 17.4 Å². The quantitative estimate of drug-likeness (QED) is 0.819. The van der Waals surface area contributed by atoms with Crippen LogP contribution in [0.3, 0.4) is 0 Å². The third-order valence-electron chi connectivity index (χ3n) is 3.15. The lowest BCUT2D eigenvalue weighted by atomic mass is 10.1.